The Morgan fingerprint density at radius 1 is 0.413 bits per heavy atom. The quantitative estimate of drug-likeness (QED) is 0.0329. The molecule has 0 saturated heterocycles. The zero-order valence-electron chi connectivity index (χ0n) is 54.4. The number of carbonyl (C=O) groups is 10. The van der Waals surface area contributed by atoms with Gasteiger partial charge in [-0.05, 0) is 48.0 Å². The fourth-order valence-electron chi connectivity index (χ4n) is 8.81. The summed E-state index contributed by atoms with van der Waals surface area (Å²) in [6.45, 7) is 9.85. The molecule has 0 heterocycles. The van der Waals surface area contributed by atoms with E-state index in [-0.39, 0.29) is 102 Å². The summed E-state index contributed by atoms with van der Waals surface area (Å²) in [5.74, 6) is -14.8. The van der Waals surface area contributed by atoms with Gasteiger partial charge in [0.15, 0.2) is 0 Å². The van der Waals surface area contributed by atoms with Crippen LogP contribution in [0.3, 0.4) is 0 Å². The van der Waals surface area contributed by atoms with Crippen LogP contribution in [0.15, 0.2) is 0 Å². The normalized spacial score (nSPS) is 12.8. The molecule has 0 rings (SSSR count). The number of ketones is 7. The molecule has 4 unspecified atom stereocenters. The molecule has 0 aromatic heterocycles. The van der Waals surface area contributed by atoms with Gasteiger partial charge in [-0.1, -0.05) is 0 Å². The van der Waals surface area contributed by atoms with Gasteiger partial charge >= 0.3 is 433 Å². The standard InChI is InChI=1S/C44H68B28N2O14S4/c1-43(2,3)87-41(83)15-16-73-36(42(84)88-44(4,5)6)13-14-40(82)74-17-18-85-19-20-86-24-35(78)22-29(37(79)23-31(39(81)28-92(67-51,68-52)72(59)60)9-12-34(77)26-90(63-47,64-48)70(55)56)7-10-32(75)21-30(38(80)27-91(65-49,66-50)71(57)58)8-11-33(76)25-89(61-45,62-46)69(53)54/h29-31,36,73H,7-28H2,1-6H3,(H,74,82). The molecule has 4 atom stereocenters. The van der Waals surface area contributed by atoms with Crippen molar-refractivity contribution in [3.05, 3.63) is 0 Å². The van der Waals surface area contributed by atoms with E-state index in [9.17, 15) is 47.9 Å². The molecule has 92 heavy (non-hydrogen) atoms. The van der Waals surface area contributed by atoms with Crippen molar-refractivity contribution in [1.29, 1.82) is 0 Å². The van der Waals surface area contributed by atoms with Crippen LogP contribution in [0.1, 0.15) is 119 Å². The van der Waals surface area contributed by atoms with Gasteiger partial charge < -0.3 is 24.8 Å². The minimum absolute atomic E-state index is 0.0188. The Kier molecular flexibility index (Phi) is 45.4. The van der Waals surface area contributed by atoms with E-state index in [4.69, 9.17) is 143 Å². The van der Waals surface area contributed by atoms with Crippen molar-refractivity contribution >= 4 is 289 Å². The molecule has 0 aliphatic carbocycles. The first-order chi connectivity index (χ1) is 42.8. The van der Waals surface area contributed by atoms with E-state index in [0.29, 0.717) is 0 Å². The minimum atomic E-state index is -2.66. The predicted octanol–water partition coefficient (Wildman–Crippen LogP) is -5.58. The van der Waals surface area contributed by atoms with E-state index in [2.05, 4.69) is 10.6 Å². The molecule has 0 spiro atoms. The monoisotopic (exact) mass is 1280 g/mol. The van der Waals surface area contributed by atoms with Crippen molar-refractivity contribution < 1.29 is 66.9 Å². The molecular weight excluding hydrogens is 1210 g/mol. The van der Waals surface area contributed by atoms with Crippen LogP contribution in [0.4, 0.5) is 0 Å². The number of amides is 1. The van der Waals surface area contributed by atoms with Gasteiger partial charge in [0.05, 0.1) is 19.6 Å². The van der Waals surface area contributed by atoms with Gasteiger partial charge in [-0.25, -0.2) is 0 Å². The summed E-state index contributed by atoms with van der Waals surface area (Å²) in [7, 11) is 84.9. The van der Waals surface area contributed by atoms with Crippen LogP contribution in [-0.2, 0) is 66.9 Å². The summed E-state index contributed by atoms with van der Waals surface area (Å²) in [6, 6.07) is 8.31. The molecule has 32 radical (unpaired) electrons. The topological polar surface area (TPSA) is 232 Å². The fraction of sp³-hybridized carbons (Fsp3) is 0.773. The van der Waals surface area contributed by atoms with Crippen LogP contribution >= 0.6 is 34.9 Å². The van der Waals surface area contributed by atoms with Gasteiger partial charge in [-0.15, -0.1) is 0 Å². The first-order valence-electron chi connectivity index (χ1n) is 29.7. The molecule has 0 saturated carbocycles. The van der Waals surface area contributed by atoms with Gasteiger partial charge in [0, 0.05) is 19.5 Å². The number of rotatable bonds is 46. The Labute approximate surface area is 577 Å². The number of hydrogen-bond donors (Lipinski definition) is 2. The van der Waals surface area contributed by atoms with E-state index in [1.54, 1.807) is 41.5 Å². The van der Waals surface area contributed by atoms with Crippen molar-refractivity contribution in [2.45, 2.75) is 136 Å². The summed E-state index contributed by atoms with van der Waals surface area (Å²) in [6.07, 6.45) is -3.16. The van der Waals surface area contributed by atoms with E-state index in [1.807, 2.05) is 0 Å². The first-order valence-corrected chi connectivity index (χ1v) is 37.6. The van der Waals surface area contributed by atoms with E-state index in [0.717, 1.165) is 24.2 Å². The van der Waals surface area contributed by atoms with Crippen molar-refractivity contribution in [1.82, 2.24) is 10.6 Å². The first kappa shape index (κ1) is 91.2. The number of nitrogens with one attached hydrogen (secondary N) is 2. The van der Waals surface area contributed by atoms with Crippen LogP contribution < -0.4 is 10.6 Å². The second kappa shape index (κ2) is 45.8. The van der Waals surface area contributed by atoms with Crippen molar-refractivity contribution in [2.24, 2.45) is 17.8 Å². The van der Waals surface area contributed by atoms with Crippen LogP contribution in [0.5, 0.6) is 0 Å². The number of hydrogen-bond acceptors (Lipinski definition) is 15. The molecule has 0 bridgehead atoms. The molecule has 0 aromatic rings. The maximum absolute atomic E-state index is 14.7. The van der Waals surface area contributed by atoms with Crippen molar-refractivity contribution in [3.63, 3.8) is 0 Å². The molecule has 446 valence electrons. The van der Waals surface area contributed by atoms with Crippen LogP contribution in [0, 0.1) is 17.8 Å². The molecule has 0 fully saturated rings. The Morgan fingerprint density at radius 3 is 1.18 bits per heavy atom. The summed E-state index contributed by atoms with van der Waals surface area (Å²) in [4.78, 5) is 136. The Hall–Kier alpha value is -0.802. The van der Waals surface area contributed by atoms with Gasteiger partial charge in [0.2, 0.25) is 5.91 Å². The van der Waals surface area contributed by atoms with E-state index >= 15 is 0 Å². The number of esters is 2. The zero-order valence-corrected chi connectivity index (χ0v) is 57.6. The molecule has 0 aromatic carbocycles. The number of carbonyl (C=O) groups excluding carboxylic acids is 10. The van der Waals surface area contributed by atoms with Crippen LogP contribution in [-0.4, -0.2) is 333 Å². The Balaban J connectivity index is 6.78. The molecule has 0 aliphatic heterocycles. The van der Waals surface area contributed by atoms with Gasteiger partial charge in [0.25, 0.3) is 0 Å². The van der Waals surface area contributed by atoms with Crippen LogP contribution in [0.2, 0.25) is 0 Å². The molecule has 16 nitrogen and oxygen atoms in total. The second-order valence-corrected chi connectivity index (χ2v) is 36.7. The summed E-state index contributed by atoms with van der Waals surface area (Å²) in [5.41, 5.74) is -1.49. The molecule has 2 N–H and O–H groups in total. The fourth-order valence-corrected chi connectivity index (χ4v) is 15.0. The predicted molar refractivity (Wildman–Crippen MR) is 410 cm³/mol. The third kappa shape index (κ3) is 34.3. The van der Waals surface area contributed by atoms with Crippen LogP contribution in [0.25, 0.3) is 0 Å². The Bertz CT molecular complexity index is 3020. The summed E-state index contributed by atoms with van der Waals surface area (Å²) < 4.78 is 22.0. The molecule has 1 amide bonds. The van der Waals surface area contributed by atoms with Gasteiger partial charge in [-0.2, -0.15) is 0 Å². The molecule has 48 heteroatoms. The van der Waals surface area contributed by atoms with Crippen molar-refractivity contribution in [2.75, 3.05) is 62.5 Å². The summed E-state index contributed by atoms with van der Waals surface area (Å²) in [5, 5.41) is 5.68. The van der Waals surface area contributed by atoms with Gasteiger partial charge in [0.1, 0.15) is 17.2 Å². The Morgan fingerprint density at radius 2 is 0.783 bits per heavy atom. The second-order valence-electron chi connectivity index (χ2n) is 24.0. The molecule has 0 aliphatic rings. The SMILES string of the molecule is [B]B=S(=B[B])(CC(=O)CCC(CC(=O)CCC(CC(=O)COCCOCCNC(=O)CCC(NCCC(=O)OC(C)(C)C)C(=O)OC(C)(C)C)C(=O)CC(CCC(=O)CS(=B[B])(=B[B])B([B])[B])C(=O)CS(=B[B])(=B[B])B([B])[B])C(=O)CS(=B[B])(=B[B])B([B])[B])B([B])[B]. The zero-order chi connectivity index (χ0) is 70.8. The maximum atomic E-state index is 14.7. The number of ether oxygens (including phenoxy) is 4. The van der Waals surface area contributed by atoms with E-state index < -0.39 is 189 Å². The van der Waals surface area contributed by atoms with Gasteiger partial charge in [-0.3, -0.25) is 14.4 Å². The third-order valence-electron chi connectivity index (χ3n) is 14.4. The average Bonchev–Trinajstić information content (AvgIpc) is 0.872. The summed E-state index contributed by atoms with van der Waals surface area (Å²) >= 11 is 0. The van der Waals surface area contributed by atoms with Crippen molar-refractivity contribution in [3.8, 4) is 0 Å². The average molecular weight is 1280 g/mol. The molecular formula is C44H68B28N2O14S4. The van der Waals surface area contributed by atoms with E-state index in [1.165, 1.54) is 24.2 Å². The number of Topliss-reactive ketones (excluding diaryl/α,β-unsaturated/α-hetero) is 7. The third-order valence-corrected chi connectivity index (χ3v) is 25.8.